The molecule has 2 fully saturated rings. The van der Waals surface area contributed by atoms with Crippen LogP contribution in [0.25, 0.3) is 22.3 Å². The highest BCUT2D eigenvalue weighted by atomic mass is 19.4. The summed E-state index contributed by atoms with van der Waals surface area (Å²) < 4.78 is 76.2. The highest BCUT2D eigenvalue weighted by Gasteiger charge is 2.39. The Morgan fingerprint density at radius 2 is 1.98 bits per heavy atom. The molecule has 0 saturated carbocycles. The molecule has 2 aliphatic heterocycles. The van der Waals surface area contributed by atoms with Gasteiger partial charge in [0.1, 0.15) is 23.8 Å². The van der Waals surface area contributed by atoms with Gasteiger partial charge in [-0.2, -0.15) is 23.5 Å². The number of alkyl halides is 5. The van der Waals surface area contributed by atoms with Gasteiger partial charge >= 0.3 is 6.18 Å². The van der Waals surface area contributed by atoms with Crippen molar-refractivity contribution in [2.75, 3.05) is 26.2 Å². The summed E-state index contributed by atoms with van der Waals surface area (Å²) in [5, 5.41) is 14.6. The second kappa shape index (κ2) is 13.3. The SMILES string of the molecule is N#CCCC[C@@H](Cn1cc(-c2ncnc3[nH]ccc23)cn1)N1CCC(Oc2cc(CN3CCC(F)(F)C3)cc(C(F)(F)F)n2)CC1. The van der Waals surface area contributed by atoms with Crippen molar-refractivity contribution in [1.82, 2.24) is 39.5 Å². The molecule has 15 heteroatoms. The van der Waals surface area contributed by atoms with Crippen LogP contribution in [0.15, 0.2) is 43.1 Å². The number of nitrogens with one attached hydrogen (secondary N) is 1. The monoisotopic (exact) mass is 643 g/mol. The van der Waals surface area contributed by atoms with Crippen molar-refractivity contribution >= 4 is 11.0 Å². The van der Waals surface area contributed by atoms with E-state index in [0.717, 1.165) is 41.2 Å². The average Bonchev–Trinajstić information content (AvgIpc) is 3.76. The number of rotatable bonds is 11. The summed E-state index contributed by atoms with van der Waals surface area (Å²) in [6.45, 7) is 1.45. The van der Waals surface area contributed by atoms with Gasteiger partial charge in [-0.15, -0.1) is 0 Å². The van der Waals surface area contributed by atoms with Crippen LogP contribution in [0.5, 0.6) is 5.88 Å². The molecule has 244 valence electrons. The quantitative estimate of drug-likeness (QED) is 0.164. The Balaban J connectivity index is 1.11. The van der Waals surface area contributed by atoms with E-state index in [1.165, 1.54) is 17.3 Å². The van der Waals surface area contributed by atoms with E-state index in [4.69, 9.17) is 10.00 Å². The molecule has 46 heavy (non-hydrogen) atoms. The van der Waals surface area contributed by atoms with Crippen molar-refractivity contribution in [1.29, 1.82) is 5.26 Å². The predicted molar refractivity (Wildman–Crippen MR) is 158 cm³/mol. The third-order valence-electron chi connectivity index (χ3n) is 8.57. The first-order valence-electron chi connectivity index (χ1n) is 15.3. The number of fused-ring (bicyclic) bond motifs is 1. The number of aromatic amines is 1. The maximum Gasteiger partial charge on any atom is 0.433 e. The number of piperidine rings is 1. The Kier molecular flexibility index (Phi) is 9.19. The van der Waals surface area contributed by atoms with Crippen molar-refractivity contribution in [3.05, 3.63) is 54.4 Å². The van der Waals surface area contributed by atoms with Crippen LogP contribution in [0.3, 0.4) is 0 Å². The summed E-state index contributed by atoms with van der Waals surface area (Å²) in [5.74, 6) is -2.99. The maximum atomic E-state index is 13.7. The number of nitriles is 1. The lowest BCUT2D eigenvalue weighted by Crippen LogP contribution is -2.46. The number of hydrogen-bond donors (Lipinski definition) is 1. The minimum absolute atomic E-state index is 0.0389. The Morgan fingerprint density at radius 1 is 1.15 bits per heavy atom. The second-order valence-electron chi connectivity index (χ2n) is 12.0. The molecule has 4 aromatic rings. The van der Waals surface area contributed by atoms with Crippen LogP contribution in [0.1, 0.15) is 49.8 Å². The van der Waals surface area contributed by atoms with Crippen molar-refractivity contribution in [2.45, 2.75) is 75.9 Å². The van der Waals surface area contributed by atoms with Crippen LogP contribution >= 0.6 is 0 Å². The lowest BCUT2D eigenvalue weighted by Gasteiger charge is -2.37. The van der Waals surface area contributed by atoms with Gasteiger partial charge in [-0.1, -0.05) is 0 Å². The van der Waals surface area contributed by atoms with Gasteiger partial charge in [-0.05, 0) is 43.4 Å². The second-order valence-corrected chi connectivity index (χ2v) is 12.0. The summed E-state index contributed by atoms with van der Waals surface area (Å²) in [6.07, 6.45) is 4.74. The Morgan fingerprint density at radius 3 is 2.72 bits per heavy atom. The van der Waals surface area contributed by atoms with Crippen LogP contribution in [0, 0.1) is 11.3 Å². The molecule has 1 atom stereocenters. The number of H-pyrrole nitrogens is 1. The van der Waals surface area contributed by atoms with Crippen LogP contribution < -0.4 is 4.74 Å². The molecule has 1 N–H and O–H groups in total. The molecule has 6 rings (SSSR count). The zero-order valence-electron chi connectivity index (χ0n) is 25.1. The van der Waals surface area contributed by atoms with E-state index >= 15 is 0 Å². The van der Waals surface area contributed by atoms with Gasteiger partial charge in [0.05, 0.1) is 31.0 Å². The van der Waals surface area contributed by atoms with Crippen molar-refractivity contribution in [2.24, 2.45) is 0 Å². The number of hydrogen-bond acceptors (Lipinski definition) is 8. The zero-order valence-corrected chi connectivity index (χ0v) is 25.1. The molecule has 0 spiro atoms. The molecule has 6 heterocycles. The van der Waals surface area contributed by atoms with Crippen LogP contribution in [-0.2, 0) is 19.3 Å². The maximum absolute atomic E-state index is 13.7. The fourth-order valence-electron chi connectivity index (χ4n) is 6.30. The van der Waals surface area contributed by atoms with E-state index in [-0.39, 0.29) is 43.1 Å². The Bertz CT molecular complexity index is 1670. The number of likely N-dealkylation sites (tertiary alicyclic amines) is 2. The molecule has 0 unspecified atom stereocenters. The largest absolute Gasteiger partial charge is 0.474 e. The average molecular weight is 644 g/mol. The van der Waals surface area contributed by atoms with Crippen molar-refractivity contribution in [3.8, 4) is 23.2 Å². The molecule has 2 saturated heterocycles. The first-order valence-corrected chi connectivity index (χ1v) is 15.3. The molecule has 10 nitrogen and oxygen atoms in total. The molecule has 0 aromatic carbocycles. The first-order chi connectivity index (χ1) is 22.1. The van der Waals surface area contributed by atoms with Crippen molar-refractivity contribution < 1.29 is 26.7 Å². The standard InChI is InChI=1S/C31H34F5N9O/c32-30(33)7-12-43(19-30)16-21-13-26(31(34,35)36)42-27(14-21)46-24-5-10-44(11-6-24)23(3-1-2-8-37)18-45-17-22(15-41-45)28-25-4-9-38-29(25)40-20-39-28/h4,9,13-15,17,20,23-24H,1-3,5-7,10-12,16,18-19H2,(H,38,39,40)/t23-/m0/s1. The van der Waals surface area contributed by atoms with E-state index in [0.29, 0.717) is 38.9 Å². The Labute approximate surface area is 262 Å². The lowest BCUT2D eigenvalue weighted by molar-refractivity contribution is -0.141. The fourth-order valence-corrected chi connectivity index (χ4v) is 6.30. The van der Waals surface area contributed by atoms with Gasteiger partial charge in [0.25, 0.3) is 5.92 Å². The number of halogens is 5. The molecule has 4 aromatic heterocycles. The van der Waals surface area contributed by atoms with E-state index in [2.05, 4.69) is 36.0 Å². The molecule has 2 aliphatic rings. The first kappa shape index (κ1) is 31.8. The van der Waals surface area contributed by atoms with E-state index < -0.39 is 24.3 Å². The lowest BCUT2D eigenvalue weighted by atomic mass is 10.0. The number of unbranched alkanes of at least 4 members (excludes halogenated alkanes) is 1. The predicted octanol–water partition coefficient (Wildman–Crippen LogP) is 5.68. The van der Waals surface area contributed by atoms with Crippen LogP contribution in [-0.4, -0.2) is 83.8 Å². The summed E-state index contributed by atoms with van der Waals surface area (Å²) >= 11 is 0. The number of ether oxygens (including phenoxy) is 1. The van der Waals surface area contributed by atoms with Gasteiger partial charge in [0, 0.05) is 74.5 Å². The molecule has 0 amide bonds. The smallest absolute Gasteiger partial charge is 0.433 e. The van der Waals surface area contributed by atoms with Crippen molar-refractivity contribution in [3.63, 3.8) is 0 Å². The topological polar surface area (TPSA) is 112 Å². The highest BCUT2D eigenvalue weighted by Crippen LogP contribution is 2.33. The molecule has 0 bridgehead atoms. The highest BCUT2D eigenvalue weighted by molar-refractivity contribution is 5.89. The van der Waals surface area contributed by atoms with Gasteiger partial charge in [0.15, 0.2) is 0 Å². The third kappa shape index (κ3) is 7.61. The fraction of sp³-hybridized carbons (Fsp3) is 0.516. The number of nitrogens with zero attached hydrogens (tertiary/aromatic N) is 8. The normalized spacial score (nSPS) is 18.6. The van der Waals surface area contributed by atoms with E-state index in [1.807, 2.05) is 23.1 Å². The van der Waals surface area contributed by atoms with E-state index in [9.17, 15) is 22.0 Å². The molecule has 0 radical (unpaired) electrons. The van der Waals surface area contributed by atoms with Gasteiger partial charge in [-0.3, -0.25) is 14.5 Å². The summed E-state index contributed by atoms with van der Waals surface area (Å²) in [4.78, 5) is 19.3. The van der Waals surface area contributed by atoms with Gasteiger partial charge < -0.3 is 9.72 Å². The Hall–Kier alpha value is -4.16. The molecule has 0 aliphatic carbocycles. The summed E-state index contributed by atoms with van der Waals surface area (Å²) in [5.41, 5.74) is 1.52. The van der Waals surface area contributed by atoms with Crippen LogP contribution in [0.2, 0.25) is 0 Å². The van der Waals surface area contributed by atoms with Gasteiger partial charge in [0.2, 0.25) is 5.88 Å². The van der Waals surface area contributed by atoms with E-state index in [1.54, 1.807) is 6.20 Å². The third-order valence-corrected chi connectivity index (χ3v) is 8.57. The minimum Gasteiger partial charge on any atom is -0.474 e. The summed E-state index contributed by atoms with van der Waals surface area (Å²) in [7, 11) is 0. The number of aromatic nitrogens is 6. The van der Waals surface area contributed by atoms with Crippen LogP contribution in [0.4, 0.5) is 22.0 Å². The van der Waals surface area contributed by atoms with Gasteiger partial charge in [-0.25, -0.2) is 23.7 Å². The summed E-state index contributed by atoms with van der Waals surface area (Å²) in [6, 6.07) is 6.54. The zero-order chi connectivity index (χ0) is 32.3. The number of pyridine rings is 1. The molecular formula is C31H34F5N9O. The molecular weight excluding hydrogens is 609 g/mol. The minimum atomic E-state index is -4.70.